The maximum absolute atomic E-state index is 5.79. The maximum Gasteiger partial charge on any atom is 0.165 e. The van der Waals surface area contributed by atoms with Gasteiger partial charge in [-0.05, 0) is 18.4 Å². The highest BCUT2D eigenvalue weighted by molar-refractivity contribution is 5.48. The molecule has 1 unspecified atom stereocenters. The number of hydrazine groups is 1. The molecule has 1 aromatic rings. The SMILES string of the molecule is COc1cccc(C(CC2CCCCC2)NN)c1OC. The molecule has 112 valence electrons. The predicted molar refractivity (Wildman–Crippen MR) is 80.8 cm³/mol. The largest absolute Gasteiger partial charge is 0.493 e. The molecule has 1 fully saturated rings. The summed E-state index contributed by atoms with van der Waals surface area (Å²) in [5.74, 6) is 8.09. The third kappa shape index (κ3) is 3.44. The zero-order valence-corrected chi connectivity index (χ0v) is 12.5. The van der Waals surface area contributed by atoms with Crippen LogP contribution in [-0.4, -0.2) is 14.2 Å². The first-order chi connectivity index (χ1) is 9.80. The minimum absolute atomic E-state index is 0.114. The van der Waals surface area contributed by atoms with E-state index in [1.54, 1.807) is 14.2 Å². The van der Waals surface area contributed by atoms with Gasteiger partial charge in [-0.3, -0.25) is 11.3 Å². The lowest BCUT2D eigenvalue weighted by Gasteiger charge is -2.27. The van der Waals surface area contributed by atoms with Gasteiger partial charge in [-0.2, -0.15) is 0 Å². The zero-order valence-electron chi connectivity index (χ0n) is 12.5. The van der Waals surface area contributed by atoms with Crippen molar-refractivity contribution >= 4 is 0 Å². The van der Waals surface area contributed by atoms with Crippen molar-refractivity contribution in [1.82, 2.24) is 5.43 Å². The molecule has 1 saturated carbocycles. The molecule has 4 nitrogen and oxygen atoms in total. The van der Waals surface area contributed by atoms with Crippen molar-refractivity contribution in [3.05, 3.63) is 23.8 Å². The number of benzene rings is 1. The first kappa shape index (κ1) is 15.1. The lowest BCUT2D eigenvalue weighted by Crippen LogP contribution is -2.30. The molecular formula is C16H26N2O2. The molecule has 0 spiro atoms. The summed E-state index contributed by atoms with van der Waals surface area (Å²) in [4.78, 5) is 0. The molecular weight excluding hydrogens is 252 g/mol. The predicted octanol–water partition coefficient (Wildman–Crippen LogP) is 3.18. The Morgan fingerprint density at radius 2 is 1.95 bits per heavy atom. The third-order valence-electron chi connectivity index (χ3n) is 4.30. The number of hydrogen-bond acceptors (Lipinski definition) is 4. The van der Waals surface area contributed by atoms with Crippen LogP contribution in [0.5, 0.6) is 11.5 Å². The number of rotatable bonds is 6. The second kappa shape index (κ2) is 7.50. The monoisotopic (exact) mass is 278 g/mol. The van der Waals surface area contributed by atoms with Crippen LogP contribution in [0.25, 0.3) is 0 Å². The van der Waals surface area contributed by atoms with Gasteiger partial charge in [-0.15, -0.1) is 0 Å². The van der Waals surface area contributed by atoms with Crippen LogP contribution in [0, 0.1) is 5.92 Å². The average Bonchev–Trinajstić information content (AvgIpc) is 2.52. The lowest BCUT2D eigenvalue weighted by atomic mass is 9.83. The fourth-order valence-electron chi connectivity index (χ4n) is 3.23. The number of nitrogens with two attached hydrogens (primary N) is 1. The lowest BCUT2D eigenvalue weighted by molar-refractivity contribution is 0.293. The van der Waals surface area contributed by atoms with E-state index in [0.29, 0.717) is 0 Å². The van der Waals surface area contributed by atoms with Gasteiger partial charge in [0.2, 0.25) is 0 Å². The van der Waals surface area contributed by atoms with Gasteiger partial charge in [0, 0.05) is 5.56 Å². The Bertz CT molecular complexity index is 417. The van der Waals surface area contributed by atoms with Crippen LogP contribution in [0.1, 0.15) is 50.1 Å². The molecule has 0 aromatic heterocycles. The van der Waals surface area contributed by atoms with Gasteiger partial charge >= 0.3 is 0 Å². The Morgan fingerprint density at radius 1 is 1.20 bits per heavy atom. The third-order valence-corrected chi connectivity index (χ3v) is 4.30. The standard InChI is InChI=1S/C16H26N2O2/c1-19-15-10-6-9-13(16(15)20-2)14(18-17)11-12-7-4-3-5-8-12/h6,9-10,12,14,18H,3-5,7-8,11,17H2,1-2H3. The molecule has 0 radical (unpaired) electrons. The van der Waals surface area contributed by atoms with E-state index in [1.807, 2.05) is 12.1 Å². The van der Waals surface area contributed by atoms with Gasteiger partial charge in [0.25, 0.3) is 0 Å². The molecule has 1 aliphatic rings. The summed E-state index contributed by atoms with van der Waals surface area (Å²) in [6, 6.07) is 6.08. The van der Waals surface area contributed by atoms with Gasteiger partial charge in [0.15, 0.2) is 11.5 Å². The average molecular weight is 278 g/mol. The molecule has 1 atom stereocenters. The van der Waals surface area contributed by atoms with Crippen LogP contribution in [0.2, 0.25) is 0 Å². The molecule has 0 heterocycles. The Labute approximate surface area is 121 Å². The molecule has 0 bridgehead atoms. The Hall–Kier alpha value is -1.26. The topological polar surface area (TPSA) is 56.5 Å². The van der Waals surface area contributed by atoms with Crippen LogP contribution < -0.4 is 20.7 Å². The summed E-state index contributed by atoms with van der Waals surface area (Å²) < 4.78 is 10.9. The summed E-state index contributed by atoms with van der Waals surface area (Å²) in [5, 5.41) is 0. The number of hydrogen-bond donors (Lipinski definition) is 2. The van der Waals surface area contributed by atoms with Crippen molar-refractivity contribution in [2.45, 2.75) is 44.6 Å². The highest BCUT2D eigenvalue weighted by Gasteiger charge is 2.23. The normalized spacial score (nSPS) is 17.8. The van der Waals surface area contributed by atoms with Crippen molar-refractivity contribution in [2.24, 2.45) is 11.8 Å². The molecule has 4 heteroatoms. The quantitative estimate of drug-likeness (QED) is 0.620. The molecule has 1 aliphatic carbocycles. The molecule has 0 saturated heterocycles. The van der Waals surface area contributed by atoms with Gasteiger partial charge in [-0.25, -0.2) is 0 Å². The minimum Gasteiger partial charge on any atom is -0.493 e. The van der Waals surface area contributed by atoms with E-state index in [4.69, 9.17) is 15.3 Å². The first-order valence-corrected chi connectivity index (χ1v) is 7.47. The summed E-state index contributed by atoms with van der Waals surface area (Å²) in [7, 11) is 3.34. The number of nitrogens with one attached hydrogen (secondary N) is 1. The summed E-state index contributed by atoms with van der Waals surface area (Å²) in [6.07, 6.45) is 7.74. The molecule has 1 aromatic carbocycles. The van der Waals surface area contributed by atoms with Crippen molar-refractivity contribution in [2.75, 3.05) is 14.2 Å². The van der Waals surface area contributed by atoms with Crippen LogP contribution in [0.15, 0.2) is 18.2 Å². The van der Waals surface area contributed by atoms with E-state index in [2.05, 4.69) is 11.5 Å². The van der Waals surface area contributed by atoms with Gasteiger partial charge in [0.1, 0.15) is 0 Å². The molecule has 0 aliphatic heterocycles. The molecule has 0 amide bonds. The number of methoxy groups -OCH3 is 2. The Morgan fingerprint density at radius 3 is 2.55 bits per heavy atom. The molecule has 2 rings (SSSR count). The molecule has 3 N–H and O–H groups in total. The smallest absolute Gasteiger partial charge is 0.165 e. The second-order valence-electron chi connectivity index (χ2n) is 5.54. The fourth-order valence-corrected chi connectivity index (χ4v) is 3.23. The van der Waals surface area contributed by atoms with E-state index >= 15 is 0 Å². The first-order valence-electron chi connectivity index (χ1n) is 7.47. The van der Waals surface area contributed by atoms with Crippen molar-refractivity contribution in [3.8, 4) is 11.5 Å². The van der Waals surface area contributed by atoms with E-state index in [0.717, 1.165) is 29.4 Å². The van der Waals surface area contributed by atoms with Crippen LogP contribution >= 0.6 is 0 Å². The van der Waals surface area contributed by atoms with E-state index < -0.39 is 0 Å². The van der Waals surface area contributed by atoms with Gasteiger partial charge in [0.05, 0.1) is 20.3 Å². The minimum atomic E-state index is 0.114. The van der Waals surface area contributed by atoms with Gasteiger partial charge < -0.3 is 9.47 Å². The van der Waals surface area contributed by atoms with E-state index in [9.17, 15) is 0 Å². The van der Waals surface area contributed by atoms with Crippen molar-refractivity contribution in [1.29, 1.82) is 0 Å². The van der Waals surface area contributed by atoms with Crippen molar-refractivity contribution < 1.29 is 9.47 Å². The van der Waals surface area contributed by atoms with Crippen LogP contribution in [0.4, 0.5) is 0 Å². The summed E-state index contributed by atoms with van der Waals surface area (Å²) in [5.41, 5.74) is 4.04. The maximum atomic E-state index is 5.79. The fraction of sp³-hybridized carbons (Fsp3) is 0.625. The summed E-state index contributed by atoms with van der Waals surface area (Å²) >= 11 is 0. The zero-order chi connectivity index (χ0) is 14.4. The number of ether oxygens (including phenoxy) is 2. The highest BCUT2D eigenvalue weighted by atomic mass is 16.5. The molecule has 20 heavy (non-hydrogen) atoms. The van der Waals surface area contributed by atoms with Gasteiger partial charge in [-0.1, -0.05) is 44.2 Å². The highest BCUT2D eigenvalue weighted by Crippen LogP contribution is 2.38. The second-order valence-corrected chi connectivity index (χ2v) is 5.54. The number of para-hydroxylation sites is 1. The Balaban J connectivity index is 2.17. The van der Waals surface area contributed by atoms with E-state index in [1.165, 1.54) is 32.1 Å². The van der Waals surface area contributed by atoms with Crippen molar-refractivity contribution in [3.63, 3.8) is 0 Å². The van der Waals surface area contributed by atoms with E-state index in [-0.39, 0.29) is 6.04 Å². The van der Waals surface area contributed by atoms with Crippen LogP contribution in [0.3, 0.4) is 0 Å². The Kier molecular flexibility index (Phi) is 5.68. The van der Waals surface area contributed by atoms with Crippen LogP contribution in [-0.2, 0) is 0 Å². The summed E-state index contributed by atoms with van der Waals surface area (Å²) in [6.45, 7) is 0.